The lowest BCUT2D eigenvalue weighted by Crippen LogP contribution is -2.29. The highest BCUT2D eigenvalue weighted by atomic mass is 32.1. The van der Waals surface area contributed by atoms with Gasteiger partial charge in [0.25, 0.3) is 5.91 Å². The van der Waals surface area contributed by atoms with Gasteiger partial charge >= 0.3 is 0 Å². The summed E-state index contributed by atoms with van der Waals surface area (Å²) in [4.78, 5) is 20.5. The number of methoxy groups -OCH3 is 1. The summed E-state index contributed by atoms with van der Waals surface area (Å²) in [7, 11) is 1.57. The number of rotatable bonds is 7. The maximum absolute atomic E-state index is 12.3. The maximum Gasteiger partial charge on any atom is 0.264 e. The lowest BCUT2D eigenvalue weighted by atomic mass is 10.1. The van der Waals surface area contributed by atoms with Gasteiger partial charge in [-0.15, -0.1) is 11.3 Å². The standard InChI is InChI=1S/C22H23N3O3S/c1-27-18-9-5-6-10-19(18)28-15-21(26)24-22-23-17-11-12-25(14-20(17)29-22)13-16-7-3-2-4-8-16/h2-10H,11-15H2,1H3,(H,23,24,26). The third-order valence-corrected chi connectivity index (χ3v) is 5.73. The second kappa shape index (κ2) is 9.07. The first kappa shape index (κ1) is 19.4. The second-order valence-electron chi connectivity index (χ2n) is 6.82. The number of nitrogens with one attached hydrogen (secondary N) is 1. The smallest absolute Gasteiger partial charge is 0.264 e. The van der Waals surface area contributed by atoms with Crippen molar-refractivity contribution in [2.75, 3.05) is 25.6 Å². The molecule has 7 heteroatoms. The normalized spacial score (nSPS) is 13.6. The van der Waals surface area contributed by atoms with E-state index in [1.807, 2.05) is 18.2 Å². The first-order valence-electron chi connectivity index (χ1n) is 9.52. The quantitative estimate of drug-likeness (QED) is 0.644. The van der Waals surface area contributed by atoms with Crippen LogP contribution in [-0.4, -0.2) is 36.1 Å². The van der Waals surface area contributed by atoms with Gasteiger partial charge in [0, 0.05) is 30.9 Å². The van der Waals surface area contributed by atoms with Gasteiger partial charge in [0.2, 0.25) is 0 Å². The van der Waals surface area contributed by atoms with Gasteiger partial charge in [-0.1, -0.05) is 42.5 Å². The zero-order chi connectivity index (χ0) is 20.1. The summed E-state index contributed by atoms with van der Waals surface area (Å²) in [5, 5.41) is 3.49. The molecule has 3 aromatic rings. The van der Waals surface area contributed by atoms with E-state index in [0.29, 0.717) is 16.6 Å². The fraction of sp³-hybridized carbons (Fsp3) is 0.273. The maximum atomic E-state index is 12.3. The minimum Gasteiger partial charge on any atom is -0.493 e. The number of aromatic nitrogens is 1. The number of nitrogens with zero attached hydrogens (tertiary/aromatic N) is 2. The molecule has 2 aromatic carbocycles. The predicted molar refractivity (Wildman–Crippen MR) is 113 cm³/mol. The molecule has 0 bridgehead atoms. The van der Waals surface area contributed by atoms with E-state index in [-0.39, 0.29) is 12.5 Å². The number of carbonyl (C=O) groups excluding carboxylic acids is 1. The topological polar surface area (TPSA) is 63.7 Å². The second-order valence-corrected chi connectivity index (χ2v) is 7.91. The molecule has 4 rings (SSSR count). The van der Waals surface area contributed by atoms with Crippen molar-refractivity contribution in [3.05, 3.63) is 70.7 Å². The molecule has 1 N–H and O–H groups in total. The van der Waals surface area contributed by atoms with Crippen LogP contribution >= 0.6 is 11.3 Å². The molecule has 0 saturated heterocycles. The van der Waals surface area contributed by atoms with Gasteiger partial charge < -0.3 is 9.47 Å². The largest absolute Gasteiger partial charge is 0.493 e. The van der Waals surface area contributed by atoms with Crippen LogP contribution in [0.1, 0.15) is 16.1 Å². The van der Waals surface area contributed by atoms with Gasteiger partial charge in [0.1, 0.15) is 0 Å². The van der Waals surface area contributed by atoms with Gasteiger partial charge in [0.15, 0.2) is 23.2 Å². The summed E-state index contributed by atoms with van der Waals surface area (Å²) < 4.78 is 10.8. The zero-order valence-corrected chi connectivity index (χ0v) is 17.1. The number of fused-ring (bicyclic) bond motifs is 1. The Hall–Kier alpha value is -2.90. The number of benzene rings is 2. The Morgan fingerprint density at radius 3 is 2.69 bits per heavy atom. The highest BCUT2D eigenvalue weighted by Crippen LogP contribution is 2.29. The molecule has 0 atom stereocenters. The molecule has 1 amide bonds. The van der Waals surface area contributed by atoms with Crippen molar-refractivity contribution in [3.8, 4) is 11.5 Å². The number of para-hydroxylation sites is 2. The Morgan fingerprint density at radius 2 is 1.90 bits per heavy atom. The predicted octanol–water partition coefficient (Wildman–Crippen LogP) is 3.73. The Bertz CT molecular complexity index is 974. The van der Waals surface area contributed by atoms with E-state index in [4.69, 9.17) is 9.47 Å². The van der Waals surface area contributed by atoms with Crippen LogP contribution in [0.5, 0.6) is 11.5 Å². The van der Waals surface area contributed by atoms with E-state index in [1.54, 1.807) is 30.6 Å². The van der Waals surface area contributed by atoms with E-state index in [9.17, 15) is 4.79 Å². The molecule has 0 unspecified atom stereocenters. The fourth-order valence-electron chi connectivity index (χ4n) is 3.32. The molecule has 0 saturated carbocycles. The fourth-order valence-corrected chi connectivity index (χ4v) is 4.38. The summed E-state index contributed by atoms with van der Waals surface area (Å²) in [6.45, 7) is 2.66. The number of amides is 1. The van der Waals surface area contributed by atoms with Gasteiger partial charge in [-0.3, -0.25) is 15.0 Å². The molecule has 1 aliphatic rings. The van der Waals surface area contributed by atoms with E-state index in [1.165, 1.54) is 10.4 Å². The Balaban J connectivity index is 1.32. The van der Waals surface area contributed by atoms with Crippen molar-refractivity contribution in [1.82, 2.24) is 9.88 Å². The Labute approximate surface area is 174 Å². The van der Waals surface area contributed by atoms with Gasteiger partial charge in [-0.2, -0.15) is 0 Å². The third-order valence-electron chi connectivity index (χ3n) is 4.73. The summed E-state index contributed by atoms with van der Waals surface area (Å²) >= 11 is 1.54. The van der Waals surface area contributed by atoms with Crippen LogP contribution in [0.2, 0.25) is 0 Å². The highest BCUT2D eigenvalue weighted by Gasteiger charge is 2.21. The van der Waals surface area contributed by atoms with Gasteiger partial charge in [-0.05, 0) is 17.7 Å². The lowest BCUT2D eigenvalue weighted by molar-refractivity contribution is -0.118. The summed E-state index contributed by atoms with van der Waals surface area (Å²) in [5.41, 5.74) is 2.39. The minimum absolute atomic E-state index is 0.0925. The van der Waals surface area contributed by atoms with Crippen LogP contribution in [0.25, 0.3) is 0 Å². The molecule has 0 aliphatic carbocycles. The van der Waals surface area contributed by atoms with Crippen molar-refractivity contribution in [2.45, 2.75) is 19.5 Å². The summed E-state index contributed by atoms with van der Waals surface area (Å²) in [5.74, 6) is 0.909. The van der Waals surface area contributed by atoms with Crippen molar-refractivity contribution >= 4 is 22.4 Å². The SMILES string of the molecule is COc1ccccc1OCC(=O)Nc1nc2c(s1)CN(Cc1ccccc1)CC2. The zero-order valence-electron chi connectivity index (χ0n) is 16.3. The van der Waals surface area contributed by atoms with Gasteiger partial charge in [-0.25, -0.2) is 4.98 Å². The van der Waals surface area contributed by atoms with Gasteiger partial charge in [0.05, 0.1) is 12.8 Å². The molecule has 150 valence electrons. The first-order chi connectivity index (χ1) is 14.2. The molecule has 0 spiro atoms. The number of carbonyl (C=O) groups is 1. The monoisotopic (exact) mass is 409 g/mol. The molecule has 1 aliphatic heterocycles. The van der Waals surface area contributed by atoms with Crippen molar-refractivity contribution in [3.63, 3.8) is 0 Å². The summed E-state index contributed by atoms with van der Waals surface area (Å²) in [6, 6.07) is 17.7. The Kier molecular flexibility index (Phi) is 6.07. The first-order valence-corrected chi connectivity index (χ1v) is 10.3. The van der Waals surface area contributed by atoms with E-state index >= 15 is 0 Å². The molecule has 2 heterocycles. The van der Waals surface area contributed by atoms with Crippen LogP contribution in [0.4, 0.5) is 5.13 Å². The average molecular weight is 410 g/mol. The lowest BCUT2D eigenvalue weighted by Gasteiger charge is -2.25. The molecule has 29 heavy (non-hydrogen) atoms. The molecular formula is C22H23N3O3S. The molecule has 0 fully saturated rings. The number of hydrogen-bond donors (Lipinski definition) is 1. The number of hydrogen-bond acceptors (Lipinski definition) is 6. The van der Waals surface area contributed by atoms with Crippen molar-refractivity contribution in [2.24, 2.45) is 0 Å². The van der Waals surface area contributed by atoms with Crippen molar-refractivity contribution < 1.29 is 14.3 Å². The van der Waals surface area contributed by atoms with Crippen LogP contribution in [0, 0.1) is 0 Å². The van der Waals surface area contributed by atoms with E-state index < -0.39 is 0 Å². The molecule has 1 aromatic heterocycles. The van der Waals surface area contributed by atoms with Crippen LogP contribution in [0.3, 0.4) is 0 Å². The number of thiazole rings is 1. The molecular weight excluding hydrogens is 386 g/mol. The average Bonchev–Trinajstić information content (AvgIpc) is 3.14. The number of ether oxygens (including phenoxy) is 2. The van der Waals surface area contributed by atoms with E-state index in [2.05, 4.69) is 39.5 Å². The third kappa shape index (κ3) is 4.93. The highest BCUT2D eigenvalue weighted by molar-refractivity contribution is 7.15. The summed E-state index contributed by atoms with van der Waals surface area (Å²) in [6.07, 6.45) is 0.895. The van der Waals surface area contributed by atoms with Crippen LogP contribution in [-0.2, 0) is 24.3 Å². The van der Waals surface area contributed by atoms with E-state index in [0.717, 1.165) is 31.7 Å². The Morgan fingerprint density at radius 1 is 1.14 bits per heavy atom. The van der Waals surface area contributed by atoms with Crippen molar-refractivity contribution in [1.29, 1.82) is 0 Å². The molecule has 6 nitrogen and oxygen atoms in total. The minimum atomic E-state index is -0.233. The van der Waals surface area contributed by atoms with Crippen LogP contribution < -0.4 is 14.8 Å². The van der Waals surface area contributed by atoms with Crippen LogP contribution in [0.15, 0.2) is 54.6 Å². The molecule has 0 radical (unpaired) electrons. The number of anilines is 1.